The highest BCUT2D eigenvalue weighted by Gasteiger charge is 2.20. The summed E-state index contributed by atoms with van der Waals surface area (Å²) in [6, 6.07) is -0.439. The minimum atomic E-state index is -0.949. The van der Waals surface area contributed by atoms with Crippen molar-refractivity contribution in [2.75, 3.05) is 26.3 Å². The number of hydrogen-bond donors (Lipinski definition) is 2. The first-order chi connectivity index (χ1) is 8.49. The molecule has 0 bridgehead atoms. The van der Waals surface area contributed by atoms with Crippen LogP contribution in [0.15, 0.2) is 0 Å². The molecule has 0 radical (unpaired) electrons. The van der Waals surface area contributed by atoms with Crippen LogP contribution in [-0.4, -0.2) is 54.2 Å². The standard InChI is InChI=1S/C11H18N2O5/c1-8(7-10(15)16)6-9(14)12-11(17)13-2-4-18-5-3-13/h8H,2-7H2,1H3,(H,15,16)(H,12,14,17). The van der Waals surface area contributed by atoms with E-state index < -0.39 is 17.9 Å². The molecule has 2 N–H and O–H groups in total. The van der Waals surface area contributed by atoms with E-state index in [9.17, 15) is 14.4 Å². The summed E-state index contributed by atoms with van der Waals surface area (Å²) in [5, 5.41) is 10.8. The molecule has 1 rings (SSSR count). The molecule has 1 unspecified atom stereocenters. The molecule has 0 aromatic carbocycles. The Morgan fingerprint density at radius 2 is 1.89 bits per heavy atom. The summed E-state index contributed by atoms with van der Waals surface area (Å²) >= 11 is 0. The summed E-state index contributed by atoms with van der Waals surface area (Å²) in [7, 11) is 0. The van der Waals surface area contributed by atoms with Crippen molar-refractivity contribution < 1.29 is 24.2 Å². The third kappa shape index (κ3) is 5.13. The topological polar surface area (TPSA) is 95.9 Å². The SMILES string of the molecule is CC(CC(=O)O)CC(=O)NC(=O)N1CCOCC1. The maximum absolute atomic E-state index is 11.6. The third-order valence-electron chi connectivity index (χ3n) is 2.60. The van der Waals surface area contributed by atoms with E-state index in [0.717, 1.165) is 0 Å². The molecule has 1 saturated heterocycles. The lowest BCUT2D eigenvalue weighted by atomic mass is 10.0. The van der Waals surface area contributed by atoms with Gasteiger partial charge in [0.25, 0.3) is 0 Å². The van der Waals surface area contributed by atoms with E-state index >= 15 is 0 Å². The van der Waals surface area contributed by atoms with Gasteiger partial charge in [-0.1, -0.05) is 6.92 Å². The molecule has 1 aliphatic heterocycles. The number of ether oxygens (including phenoxy) is 1. The van der Waals surface area contributed by atoms with Gasteiger partial charge < -0.3 is 14.7 Å². The molecule has 0 spiro atoms. The van der Waals surface area contributed by atoms with Gasteiger partial charge in [0.15, 0.2) is 0 Å². The smallest absolute Gasteiger partial charge is 0.324 e. The summed E-state index contributed by atoms with van der Waals surface area (Å²) in [6.07, 6.45) is -0.0540. The van der Waals surface area contributed by atoms with Crippen molar-refractivity contribution >= 4 is 17.9 Å². The van der Waals surface area contributed by atoms with Crippen LogP contribution in [0.3, 0.4) is 0 Å². The summed E-state index contributed by atoms with van der Waals surface area (Å²) in [5.41, 5.74) is 0. The Morgan fingerprint density at radius 1 is 1.28 bits per heavy atom. The van der Waals surface area contributed by atoms with E-state index in [1.165, 1.54) is 4.90 Å². The second kappa shape index (κ2) is 6.95. The van der Waals surface area contributed by atoms with E-state index in [1.54, 1.807) is 6.92 Å². The third-order valence-corrected chi connectivity index (χ3v) is 2.60. The first-order valence-corrected chi connectivity index (χ1v) is 5.87. The molecule has 1 heterocycles. The highest BCUT2D eigenvalue weighted by molar-refractivity contribution is 5.94. The van der Waals surface area contributed by atoms with Crippen LogP contribution < -0.4 is 5.32 Å². The van der Waals surface area contributed by atoms with Crippen LogP contribution in [0.1, 0.15) is 19.8 Å². The van der Waals surface area contributed by atoms with Crippen molar-refractivity contribution in [2.24, 2.45) is 5.92 Å². The number of carbonyl (C=O) groups is 3. The molecule has 0 aromatic rings. The Hall–Kier alpha value is -1.63. The first-order valence-electron chi connectivity index (χ1n) is 5.87. The van der Waals surface area contributed by atoms with Crippen LogP contribution in [0.2, 0.25) is 0 Å². The normalized spacial score (nSPS) is 17.1. The maximum atomic E-state index is 11.6. The Balaban J connectivity index is 2.30. The van der Waals surface area contributed by atoms with Gasteiger partial charge in [0, 0.05) is 25.9 Å². The van der Waals surface area contributed by atoms with Gasteiger partial charge in [0.2, 0.25) is 5.91 Å². The predicted molar refractivity (Wildman–Crippen MR) is 62.0 cm³/mol. The molecule has 7 nitrogen and oxygen atoms in total. The zero-order chi connectivity index (χ0) is 13.5. The quantitative estimate of drug-likeness (QED) is 0.743. The van der Waals surface area contributed by atoms with E-state index in [-0.39, 0.29) is 18.8 Å². The minimum Gasteiger partial charge on any atom is -0.481 e. The average molecular weight is 258 g/mol. The molecule has 3 amide bonds. The molecule has 102 valence electrons. The fraction of sp³-hybridized carbons (Fsp3) is 0.727. The second-order valence-electron chi connectivity index (χ2n) is 4.36. The molecule has 1 fully saturated rings. The monoisotopic (exact) mass is 258 g/mol. The lowest BCUT2D eigenvalue weighted by Crippen LogP contribution is -2.48. The average Bonchev–Trinajstić information content (AvgIpc) is 2.28. The molecule has 0 aliphatic carbocycles. The number of imide groups is 1. The van der Waals surface area contributed by atoms with Gasteiger partial charge in [-0.2, -0.15) is 0 Å². The fourth-order valence-electron chi connectivity index (χ4n) is 1.70. The van der Waals surface area contributed by atoms with Crippen LogP contribution in [0.25, 0.3) is 0 Å². The number of hydrogen-bond acceptors (Lipinski definition) is 4. The van der Waals surface area contributed by atoms with Gasteiger partial charge in [-0.15, -0.1) is 0 Å². The Morgan fingerprint density at radius 3 is 2.44 bits per heavy atom. The van der Waals surface area contributed by atoms with Crippen molar-refractivity contribution in [1.82, 2.24) is 10.2 Å². The molecule has 1 atom stereocenters. The zero-order valence-electron chi connectivity index (χ0n) is 10.3. The van der Waals surface area contributed by atoms with Gasteiger partial charge in [-0.05, 0) is 5.92 Å². The number of nitrogens with zero attached hydrogens (tertiary/aromatic N) is 1. The van der Waals surface area contributed by atoms with Gasteiger partial charge in [0.05, 0.1) is 13.2 Å². The Labute approximate surface area is 105 Å². The van der Waals surface area contributed by atoms with Crippen molar-refractivity contribution in [3.63, 3.8) is 0 Å². The fourth-order valence-corrected chi connectivity index (χ4v) is 1.70. The van der Waals surface area contributed by atoms with Crippen molar-refractivity contribution in [2.45, 2.75) is 19.8 Å². The van der Waals surface area contributed by atoms with Crippen LogP contribution in [0, 0.1) is 5.92 Å². The number of urea groups is 1. The largest absolute Gasteiger partial charge is 0.481 e. The van der Waals surface area contributed by atoms with Crippen LogP contribution in [0.5, 0.6) is 0 Å². The van der Waals surface area contributed by atoms with E-state index in [0.29, 0.717) is 26.3 Å². The summed E-state index contributed by atoms with van der Waals surface area (Å²) in [5.74, 6) is -1.69. The van der Waals surface area contributed by atoms with Crippen LogP contribution in [-0.2, 0) is 14.3 Å². The Kier molecular flexibility index (Phi) is 5.57. The lowest BCUT2D eigenvalue weighted by molar-refractivity contribution is -0.138. The van der Waals surface area contributed by atoms with Crippen molar-refractivity contribution in [3.8, 4) is 0 Å². The number of amides is 3. The van der Waals surface area contributed by atoms with Gasteiger partial charge in [-0.25, -0.2) is 4.79 Å². The molecule has 7 heteroatoms. The molecular formula is C11H18N2O5. The number of carboxylic acids is 1. The summed E-state index contributed by atoms with van der Waals surface area (Å²) in [4.78, 5) is 35.1. The number of carbonyl (C=O) groups excluding carboxylic acids is 2. The highest BCUT2D eigenvalue weighted by atomic mass is 16.5. The van der Waals surface area contributed by atoms with Gasteiger partial charge in [-0.3, -0.25) is 14.9 Å². The molecule has 18 heavy (non-hydrogen) atoms. The van der Waals surface area contributed by atoms with Crippen molar-refractivity contribution in [1.29, 1.82) is 0 Å². The van der Waals surface area contributed by atoms with E-state index in [1.807, 2.05) is 0 Å². The molecule has 1 aliphatic rings. The second-order valence-corrected chi connectivity index (χ2v) is 4.36. The predicted octanol–water partition coefficient (Wildman–Crippen LogP) is 0.0557. The molecule has 0 aromatic heterocycles. The highest BCUT2D eigenvalue weighted by Crippen LogP contribution is 2.07. The number of morpholine rings is 1. The number of nitrogens with one attached hydrogen (secondary N) is 1. The summed E-state index contributed by atoms with van der Waals surface area (Å²) in [6.45, 7) is 3.52. The van der Waals surface area contributed by atoms with E-state index in [4.69, 9.17) is 9.84 Å². The molecule has 0 saturated carbocycles. The number of aliphatic carboxylic acids is 1. The van der Waals surface area contributed by atoms with Gasteiger partial charge >= 0.3 is 12.0 Å². The number of carboxylic acid groups (broad SMARTS) is 1. The minimum absolute atomic E-state index is 0.0301. The van der Waals surface area contributed by atoms with E-state index in [2.05, 4.69) is 5.32 Å². The van der Waals surface area contributed by atoms with Crippen LogP contribution in [0.4, 0.5) is 4.79 Å². The maximum Gasteiger partial charge on any atom is 0.324 e. The van der Waals surface area contributed by atoms with Crippen LogP contribution >= 0.6 is 0 Å². The Bertz CT molecular complexity index is 325. The number of rotatable bonds is 4. The van der Waals surface area contributed by atoms with Crippen molar-refractivity contribution in [3.05, 3.63) is 0 Å². The van der Waals surface area contributed by atoms with Gasteiger partial charge in [0.1, 0.15) is 0 Å². The summed E-state index contributed by atoms with van der Waals surface area (Å²) < 4.78 is 5.09. The molecular weight excluding hydrogens is 240 g/mol. The zero-order valence-corrected chi connectivity index (χ0v) is 10.3. The first kappa shape index (κ1) is 14.4. The lowest BCUT2D eigenvalue weighted by Gasteiger charge is -2.26.